The van der Waals surface area contributed by atoms with E-state index in [1.807, 2.05) is 0 Å². The minimum atomic E-state index is -0.283. The van der Waals surface area contributed by atoms with Crippen LogP contribution in [0.5, 0.6) is 0 Å². The van der Waals surface area contributed by atoms with Crippen LogP contribution in [0.2, 0.25) is 0 Å². The highest BCUT2D eigenvalue weighted by Crippen LogP contribution is 2.25. The molecule has 0 spiro atoms. The van der Waals surface area contributed by atoms with Crippen molar-refractivity contribution < 1.29 is 9.28 Å². The van der Waals surface area contributed by atoms with Gasteiger partial charge in [-0.3, -0.25) is 4.79 Å². The van der Waals surface area contributed by atoms with Crippen molar-refractivity contribution in [1.29, 1.82) is 0 Å². The SMILES string of the molecule is CCCCCCCC/C=C\CCCCCCCC(=O)C(C)(C)[N+](C)(C)CCCCCCCCCCCCCCCC(C)C. The number of allylic oxidation sites excluding steroid dienone is 2. The van der Waals surface area contributed by atoms with Gasteiger partial charge in [0.15, 0.2) is 11.3 Å². The van der Waals surface area contributed by atoms with Gasteiger partial charge in [-0.15, -0.1) is 0 Å². The zero-order valence-electron chi connectivity index (χ0n) is 31.1. The maximum atomic E-state index is 13.2. The van der Waals surface area contributed by atoms with E-state index in [0.717, 1.165) is 29.8 Å². The smallest absolute Gasteiger partial charge is 0.192 e. The van der Waals surface area contributed by atoms with E-state index < -0.39 is 0 Å². The van der Waals surface area contributed by atoms with Gasteiger partial charge in [0.05, 0.1) is 20.6 Å². The molecule has 2 nitrogen and oxygen atoms in total. The molecule has 0 heterocycles. The summed E-state index contributed by atoms with van der Waals surface area (Å²) in [5.41, 5.74) is -0.283. The first-order valence-electron chi connectivity index (χ1n) is 19.7. The van der Waals surface area contributed by atoms with Crippen molar-refractivity contribution in [1.82, 2.24) is 0 Å². The lowest BCUT2D eigenvalue weighted by atomic mass is 9.90. The summed E-state index contributed by atoms with van der Waals surface area (Å²) >= 11 is 0. The van der Waals surface area contributed by atoms with Crippen LogP contribution in [0.15, 0.2) is 12.2 Å². The molecule has 0 amide bonds. The molecule has 0 aliphatic heterocycles. The van der Waals surface area contributed by atoms with Gasteiger partial charge in [-0.05, 0) is 64.7 Å². The van der Waals surface area contributed by atoms with E-state index in [1.165, 1.54) is 167 Å². The number of nitrogens with zero attached hydrogens (tertiary/aromatic N) is 1. The van der Waals surface area contributed by atoms with Crippen molar-refractivity contribution in [2.45, 2.75) is 220 Å². The average Bonchev–Trinajstić information content (AvgIpc) is 2.96. The average molecular weight is 605 g/mol. The van der Waals surface area contributed by atoms with E-state index in [2.05, 4.69) is 60.9 Å². The fourth-order valence-electron chi connectivity index (χ4n) is 6.28. The van der Waals surface area contributed by atoms with Crippen LogP contribution in [0.25, 0.3) is 0 Å². The van der Waals surface area contributed by atoms with Crippen LogP contribution in [0.1, 0.15) is 214 Å². The van der Waals surface area contributed by atoms with Crippen LogP contribution in [0, 0.1) is 5.92 Å². The summed E-state index contributed by atoms with van der Waals surface area (Å²) in [6.07, 6.45) is 42.2. The molecule has 0 aromatic heterocycles. The van der Waals surface area contributed by atoms with Crippen LogP contribution in [0.4, 0.5) is 0 Å². The van der Waals surface area contributed by atoms with Gasteiger partial charge in [-0.25, -0.2) is 0 Å². The molecule has 0 aromatic carbocycles. The topological polar surface area (TPSA) is 17.1 Å². The molecule has 2 heteroatoms. The van der Waals surface area contributed by atoms with Crippen molar-refractivity contribution >= 4 is 5.78 Å². The minimum Gasteiger partial charge on any atom is -0.318 e. The summed E-state index contributed by atoms with van der Waals surface area (Å²) in [5, 5.41) is 0. The number of carbonyl (C=O) groups is 1. The van der Waals surface area contributed by atoms with E-state index >= 15 is 0 Å². The van der Waals surface area contributed by atoms with Gasteiger partial charge in [0.1, 0.15) is 0 Å². The second-order valence-electron chi connectivity index (χ2n) is 15.5. The molecule has 0 radical (unpaired) electrons. The Morgan fingerprint density at radius 2 is 0.930 bits per heavy atom. The Labute approximate surface area is 273 Å². The monoisotopic (exact) mass is 605 g/mol. The van der Waals surface area contributed by atoms with Crippen LogP contribution < -0.4 is 0 Å². The molecular formula is C41H82NO+. The maximum absolute atomic E-state index is 13.2. The number of likely N-dealkylation sites (N-methyl/N-ethyl adjacent to an activating group) is 1. The molecule has 0 rings (SSSR count). The number of quaternary nitrogens is 1. The van der Waals surface area contributed by atoms with Gasteiger partial charge >= 0.3 is 0 Å². The molecule has 0 unspecified atom stereocenters. The first kappa shape index (κ1) is 42.4. The molecular weight excluding hydrogens is 522 g/mol. The predicted octanol–water partition coefficient (Wildman–Crippen LogP) is 13.6. The molecule has 0 saturated carbocycles. The third-order valence-corrected chi connectivity index (χ3v) is 10.4. The molecule has 0 fully saturated rings. The lowest BCUT2D eigenvalue weighted by molar-refractivity contribution is -0.927. The molecule has 0 aromatic rings. The van der Waals surface area contributed by atoms with Gasteiger partial charge in [0, 0.05) is 6.42 Å². The van der Waals surface area contributed by atoms with Crippen molar-refractivity contribution in [2.24, 2.45) is 5.92 Å². The van der Waals surface area contributed by atoms with Crippen molar-refractivity contribution in [3.05, 3.63) is 12.2 Å². The second kappa shape index (κ2) is 28.8. The standard InChI is InChI=1S/C41H82NO/c1-8-9-10-11-12-13-14-15-16-19-22-25-28-31-34-37-40(43)41(4,5)42(6,7)38-35-32-29-26-23-20-17-18-21-24-27-30-33-36-39(2)3/h15-16,39H,8-14,17-38H2,1-7H3/q+1/b16-15-. The number of carbonyl (C=O) groups excluding carboxylic acids is 1. The quantitative estimate of drug-likeness (QED) is 0.0414. The summed E-state index contributed by atoms with van der Waals surface area (Å²) in [6.45, 7) is 12.5. The lowest BCUT2D eigenvalue weighted by Crippen LogP contribution is -2.60. The molecule has 0 bridgehead atoms. The Bertz CT molecular complexity index is 632. The van der Waals surface area contributed by atoms with Crippen LogP contribution in [-0.2, 0) is 4.79 Å². The van der Waals surface area contributed by atoms with Crippen molar-refractivity contribution in [3.63, 3.8) is 0 Å². The van der Waals surface area contributed by atoms with E-state index in [9.17, 15) is 4.79 Å². The molecule has 0 aliphatic carbocycles. The summed E-state index contributed by atoms with van der Waals surface area (Å²) in [7, 11) is 4.56. The van der Waals surface area contributed by atoms with E-state index in [0.29, 0.717) is 5.78 Å². The lowest BCUT2D eigenvalue weighted by Gasteiger charge is -2.43. The van der Waals surface area contributed by atoms with Gasteiger partial charge < -0.3 is 4.48 Å². The first-order chi connectivity index (χ1) is 20.6. The Balaban J connectivity index is 3.73. The van der Waals surface area contributed by atoms with Gasteiger partial charge in [-0.1, -0.05) is 161 Å². The van der Waals surface area contributed by atoms with Gasteiger partial charge in [0.25, 0.3) is 0 Å². The predicted molar refractivity (Wildman–Crippen MR) is 195 cm³/mol. The highest BCUT2D eigenvalue weighted by molar-refractivity contribution is 5.86. The first-order valence-corrected chi connectivity index (χ1v) is 19.7. The summed E-state index contributed by atoms with van der Waals surface area (Å²) < 4.78 is 0.828. The zero-order chi connectivity index (χ0) is 32.1. The molecule has 0 saturated heterocycles. The number of hydrogen-bond donors (Lipinski definition) is 0. The normalized spacial score (nSPS) is 12.7. The number of unbranched alkanes of at least 4 members (excludes halogenated alkanes) is 23. The van der Waals surface area contributed by atoms with E-state index in [-0.39, 0.29) is 5.54 Å². The maximum Gasteiger partial charge on any atom is 0.192 e. The fourth-order valence-corrected chi connectivity index (χ4v) is 6.28. The van der Waals surface area contributed by atoms with E-state index in [4.69, 9.17) is 0 Å². The number of ketones is 1. The Hall–Kier alpha value is -0.630. The Kier molecular flexibility index (Phi) is 28.4. The molecule has 0 N–H and O–H groups in total. The molecule has 0 aliphatic rings. The summed E-state index contributed by atoms with van der Waals surface area (Å²) in [5.74, 6) is 1.34. The zero-order valence-corrected chi connectivity index (χ0v) is 31.1. The molecule has 256 valence electrons. The number of hydrogen-bond acceptors (Lipinski definition) is 1. The highest BCUT2D eigenvalue weighted by Gasteiger charge is 2.42. The summed E-state index contributed by atoms with van der Waals surface area (Å²) in [6, 6.07) is 0. The van der Waals surface area contributed by atoms with Gasteiger partial charge in [0.2, 0.25) is 0 Å². The number of Topliss-reactive ketones (excluding diaryl/α,β-unsaturated/α-hetero) is 1. The third-order valence-electron chi connectivity index (χ3n) is 10.4. The minimum absolute atomic E-state index is 0.283. The van der Waals surface area contributed by atoms with E-state index in [1.54, 1.807) is 0 Å². The third kappa shape index (κ3) is 25.3. The summed E-state index contributed by atoms with van der Waals surface area (Å²) in [4.78, 5) is 13.2. The van der Waals surface area contributed by atoms with Crippen molar-refractivity contribution in [2.75, 3.05) is 20.6 Å². The molecule has 43 heavy (non-hydrogen) atoms. The van der Waals surface area contributed by atoms with Crippen molar-refractivity contribution in [3.8, 4) is 0 Å². The largest absolute Gasteiger partial charge is 0.318 e. The number of rotatable bonds is 33. The molecule has 0 atom stereocenters. The Morgan fingerprint density at radius 3 is 1.37 bits per heavy atom. The van der Waals surface area contributed by atoms with Crippen LogP contribution in [0.3, 0.4) is 0 Å². The Morgan fingerprint density at radius 1 is 0.558 bits per heavy atom. The second-order valence-corrected chi connectivity index (χ2v) is 15.5. The van der Waals surface area contributed by atoms with Crippen LogP contribution >= 0.6 is 0 Å². The highest BCUT2D eigenvalue weighted by atomic mass is 16.1. The van der Waals surface area contributed by atoms with Crippen LogP contribution in [-0.4, -0.2) is 36.4 Å². The fraction of sp³-hybridized carbons (Fsp3) is 0.927. The van der Waals surface area contributed by atoms with Gasteiger partial charge in [-0.2, -0.15) is 0 Å².